The number of amides is 2. The standard InChI is InChI=1S/C19H20N2O4/c22-11-17(13-4-2-1-3-5-13)21-19(24)12-25-15-8-6-14-7-9-18(23)20-16(14)10-15/h1-6,8,10,17,22H,7,9,11-12H2,(H,20,23)(H,21,24). The predicted octanol–water partition coefficient (Wildman–Crippen LogP) is 1.80. The molecule has 0 radical (unpaired) electrons. The first-order valence-corrected chi connectivity index (χ1v) is 8.16. The third-order valence-electron chi connectivity index (χ3n) is 4.07. The van der Waals surface area contributed by atoms with E-state index in [4.69, 9.17) is 4.74 Å². The fourth-order valence-corrected chi connectivity index (χ4v) is 2.75. The Hall–Kier alpha value is -2.86. The van der Waals surface area contributed by atoms with E-state index in [2.05, 4.69) is 10.6 Å². The number of fused-ring (bicyclic) bond motifs is 1. The number of nitrogens with one attached hydrogen (secondary N) is 2. The molecule has 1 heterocycles. The van der Waals surface area contributed by atoms with E-state index in [9.17, 15) is 14.7 Å². The summed E-state index contributed by atoms with van der Waals surface area (Å²) in [6, 6.07) is 14.2. The van der Waals surface area contributed by atoms with Crippen LogP contribution in [0.25, 0.3) is 0 Å². The maximum atomic E-state index is 12.1. The van der Waals surface area contributed by atoms with Crippen molar-refractivity contribution in [3.8, 4) is 5.75 Å². The maximum absolute atomic E-state index is 12.1. The van der Waals surface area contributed by atoms with Crippen LogP contribution in [-0.4, -0.2) is 30.1 Å². The van der Waals surface area contributed by atoms with Crippen molar-refractivity contribution in [2.75, 3.05) is 18.5 Å². The highest BCUT2D eigenvalue weighted by Gasteiger charge is 2.16. The van der Waals surface area contributed by atoms with Gasteiger partial charge in [-0.2, -0.15) is 0 Å². The van der Waals surface area contributed by atoms with E-state index in [1.165, 1.54) is 0 Å². The zero-order valence-electron chi connectivity index (χ0n) is 13.7. The molecule has 6 nitrogen and oxygen atoms in total. The first-order chi connectivity index (χ1) is 12.2. The Morgan fingerprint density at radius 1 is 1.20 bits per heavy atom. The molecule has 25 heavy (non-hydrogen) atoms. The highest BCUT2D eigenvalue weighted by atomic mass is 16.5. The van der Waals surface area contributed by atoms with Crippen LogP contribution >= 0.6 is 0 Å². The van der Waals surface area contributed by atoms with Gasteiger partial charge in [0, 0.05) is 18.2 Å². The number of rotatable bonds is 6. The van der Waals surface area contributed by atoms with Crippen LogP contribution in [0.15, 0.2) is 48.5 Å². The SMILES string of the molecule is O=C1CCc2ccc(OCC(=O)NC(CO)c3ccccc3)cc2N1. The Morgan fingerprint density at radius 2 is 2.00 bits per heavy atom. The number of hydrogen-bond donors (Lipinski definition) is 3. The van der Waals surface area contributed by atoms with Crippen LogP contribution in [0.3, 0.4) is 0 Å². The predicted molar refractivity (Wildman–Crippen MR) is 93.3 cm³/mol. The van der Waals surface area contributed by atoms with Gasteiger partial charge in [0.05, 0.1) is 12.6 Å². The molecule has 1 unspecified atom stereocenters. The largest absolute Gasteiger partial charge is 0.484 e. The molecule has 1 aliphatic rings. The second-order valence-electron chi connectivity index (χ2n) is 5.87. The van der Waals surface area contributed by atoms with Gasteiger partial charge >= 0.3 is 0 Å². The number of aliphatic hydroxyl groups is 1. The van der Waals surface area contributed by atoms with Crippen molar-refractivity contribution in [2.45, 2.75) is 18.9 Å². The summed E-state index contributed by atoms with van der Waals surface area (Å²) in [6.07, 6.45) is 1.19. The van der Waals surface area contributed by atoms with Gasteiger partial charge in [0.25, 0.3) is 5.91 Å². The van der Waals surface area contributed by atoms with Crippen LogP contribution in [0.2, 0.25) is 0 Å². The second kappa shape index (κ2) is 7.81. The summed E-state index contributed by atoms with van der Waals surface area (Å²) in [5, 5.41) is 15.0. The summed E-state index contributed by atoms with van der Waals surface area (Å²) in [7, 11) is 0. The molecule has 0 spiro atoms. The molecule has 1 aliphatic heterocycles. The molecule has 0 aromatic heterocycles. The molecule has 2 aromatic rings. The van der Waals surface area contributed by atoms with Crippen molar-refractivity contribution in [2.24, 2.45) is 0 Å². The molecule has 0 bridgehead atoms. The van der Waals surface area contributed by atoms with Gasteiger partial charge in [-0.15, -0.1) is 0 Å². The topological polar surface area (TPSA) is 87.7 Å². The van der Waals surface area contributed by atoms with Crippen molar-refractivity contribution in [1.82, 2.24) is 5.32 Å². The van der Waals surface area contributed by atoms with Gasteiger partial charge in [-0.05, 0) is 23.6 Å². The van der Waals surface area contributed by atoms with E-state index in [1.54, 1.807) is 12.1 Å². The Labute approximate surface area is 145 Å². The van der Waals surface area contributed by atoms with Crippen molar-refractivity contribution < 1.29 is 19.4 Å². The highest BCUT2D eigenvalue weighted by molar-refractivity contribution is 5.94. The highest BCUT2D eigenvalue weighted by Crippen LogP contribution is 2.27. The molecule has 0 aliphatic carbocycles. The summed E-state index contributed by atoms with van der Waals surface area (Å²) in [5.74, 6) is 0.164. The van der Waals surface area contributed by atoms with Crippen molar-refractivity contribution >= 4 is 17.5 Å². The van der Waals surface area contributed by atoms with Crippen molar-refractivity contribution in [3.63, 3.8) is 0 Å². The molecule has 3 N–H and O–H groups in total. The number of aryl methyl sites for hydroxylation is 1. The quantitative estimate of drug-likeness (QED) is 0.748. The average Bonchev–Trinajstić information content (AvgIpc) is 2.64. The number of carbonyl (C=O) groups is 2. The van der Waals surface area contributed by atoms with E-state index >= 15 is 0 Å². The number of benzene rings is 2. The normalized spacial score (nSPS) is 14.2. The van der Waals surface area contributed by atoms with Crippen LogP contribution in [0.4, 0.5) is 5.69 Å². The lowest BCUT2D eigenvalue weighted by Gasteiger charge is -2.19. The maximum Gasteiger partial charge on any atom is 0.258 e. The van der Waals surface area contributed by atoms with E-state index in [0.717, 1.165) is 16.8 Å². The summed E-state index contributed by atoms with van der Waals surface area (Å²) in [6.45, 7) is -0.364. The van der Waals surface area contributed by atoms with Gasteiger partial charge in [0.1, 0.15) is 5.75 Å². The number of carbonyl (C=O) groups excluding carboxylic acids is 2. The van der Waals surface area contributed by atoms with Gasteiger partial charge in [0.2, 0.25) is 5.91 Å². The minimum Gasteiger partial charge on any atom is -0.484 e. The Kier molecular flexibility index (Phi) is 5.30. The van der Waals surface area contributed by atoms with E-state index in [0.29, 0.717) is 18.6 Å². The Bertz CT molecular complexity index is 761. The van der Waals surface area contributed by atoms with Crippen molar-refractivity contribution in [1.29, 1.82) is 0 Å². The minimum atomic E-state index is -0.472. The molecular formula is C19H20N2O4. The summed E-state index contributed by atoms with van der Waals surface area (Å²) in [5.41, 5.74) is 2.61. The Morgan fingerprint density at radius 3 is 2.76 bits per heavy atom. The molecule has 0 saturated heterocycles. The van der Waals surface area contributed by atoms with Crippen LogP contribution in [-0.2, 0) is 16.0 Å². The molecule has 130 valence electrons. The molecule has 0 fully saturated rings. The molecule has 2 amide bonds. The molecule has 0 saturated carbocycles. The third-order valence-corrected chi connectivity index (χ3v) is 4.07. The van der Waals surface area contributed by atoms with Crippen LogP contribution in [0.5, 0.6) is 5.75 Å². The first kappa shape index (κ1) is 17.0. The third kappa shape index (κ3) is 4.36. The zero-order valence-corrected chi connectivity index (χ0v) is 13.7. The number of hydrogen-bond acceptors (Lipinski definition) is 4. The minimum absolute atomic E-state index is 0.0176. The average molecular weight is 340 g/mol. The fraction of sp³-hybridized carbons (Fsp3) is 0.263. The lowest BCUT2D eigenvalue weighted by atomic mass is 10.0. The monoisotopic (exact) mass is 340 g/mol. The van der Waals surface area contributed by atoms with Crippen LogP contribution in [0.1, 0.15) is 23.6 Å². The van der Waals surface area contributed by atoms with Gasteiger partial charge in [-0.1, -0.05) is 36.4 Å². The fourth-order valence-electron chi connectivity index (χ4n) is 2.75. The van der Waals surface area contributed by atoms with Gasteiger partial charge in [-0.3, -0.25) is 9.59 Å². The van der Waals surface area contributed by atoms with Crippen LogP contribution < -0.4 is 15.4 Å². The Balaban J connectivity index is 1.57. The number of ether oxygens (including phenoxy) is 1. The lowest BCUT2D eigenvalue weighted by Crippen LogP contribution is -2.34. The molecular weight excluding hydrogens is 320 g/mol. The molecule has 1 atom stereocenters. The molecule has 6 heteroatoms. The van der Waals surface area contributed by atoms with Gasteiger partial charge in [-0.25, -0.2) is 0 Å². The van der Waals surface area contributed by atoms with Crippen LogP contribution in [0, 0.1) is 0 Å². The second-order valence-corrected chi connectivity index (χ2v) is 5.87. The van der Waals surface area contributed by atoms with Gasteiger partial charge in [0.15, 0.2) is 6.61 Å². The molecule has 3 rings (SSSR count). The molecule has 2 aromatic carbocycles. The van der Waals surface area contributed by atoms with Crippen molar-refractivity contribution in [3.05, 3.63) is 59.7 Å². The lowest BCUT2D eigenvalue weighted by molar-refractivity contribution is -0.124. The zero-order chi connectivity index (χ0) is 17.6. The van der Waals surface area contributed by atoms with E-state index in [1.807, 2.05) is 36.4 Å². The summed E-state index contributed by atoms with van der Waals surface area (Å²) >= 11 is 0. The first-order valence-electron chi connectivity index (χ1n) is 8.16. The summed E-state index contributed by atoms with van der Waals surface area (Å²) < 4.78 is 5.51. The number of anilines is 1. The number of aliphatic hydroxyl groups excluding tert-OH is 1. The smallest absolute Gasteiger partial charge is 0.258 e. The van der Waals surface area contributed by atoms with Gasteiger partial charge < -0.3 is 20.5 Å². The van der Waals surface area contributed by atoms with E-state index < -0.39 is 6.04 Å². The van der Waals surface area contributed by atoms with E-state index in [-0.39, 0.29) is 25.0 Å². The summed E-state index contributed by atoms with van der Waals surface area (Å²) in [4.78, 5) is 23.5.